The van der Waals surface area contributed by atoms with Gasteiger partial charge in [0.15, 0.2) is 11.5 Å². The highest BCUT2D eigenvalue weighted by atomic mass is 32.2. The Morgan fingerprint density at radius 3 is 2.34 bits per heavy atom. The van der Waals surface area contributed by atoms with E-state index in [0.29, 0.717) is 16.9 Å². The second-order valence-electron chi connectivity index (χ2n) is 14.6. The summed E-state index contributed by atoms with van der Waals surface area (Å²) in [6.45, 7) is 18.7. The molecule has 1 unspecified atom stereocenters. The predicted octanol–water partition coefficient (Wildman–Crippen LogP) is 7.99. The zero-order valence-electron chi connectivity index (χ0n) is 25.1. The van der Waals surface area contributed by atoms with E-state index in [1.54, 1.807) is 12.7 Å². The Labute approximate surface area is 234 Å². The Morgan fingerprint density at radius 2 is 1.74 bits per heavy atom. The highest BCUT2D eigenvalue weighted by Crippen LogP contribution is 2.75. The zero-order valence-corrected chi connectivity index (χ0v) is 25.9. The molecule has 5 rings (SSSR count). The Morgan fingerprint density at radius 1 is 1.08 bits per heavy atom. The third-order valence-corrected chi connectivity index (χ3v) is 13.5. The number of methoxy groups -OCH3 is 1. The monoisotopic (exact) mass is 539 g/mol. The van der Waals surface area contributed by atoms with E-state index < -0.39 is 5.41 Å². The number of carbonyl (C=O) groups is 1. The normalized spacial score (nSPS) is 41.9. The first-order valence-corrected chi connectivity index (χ1v) is 15.6. The van der Waals surface area contributed by atoms with E-state index in [0.717, 1.165) is 37.7 Å². The molecule has 7 atom stereocenters. The zero-order chi connectivity index (χ0) is 28.1. The fraction of sp³-hybridized carbons (Fsp3) is 0.727. The molecule has 3 N–H and O–H groups in total. The Kier molecular flexibility index (Phi) is 6.39. The second-order valence-corrected chi connectivity index (χ2v) is 16.3. The minimum absolute atomic E-state index is 0.0204. The van der Waals surface area contributed by atoms with Crippen LogP contribution in [0.3, 0.4) is 0 Å². The van der Waals surface area contributed by atoms with E-state index in [1.807, 2.05) is 11.8 Å². The Balaban J connectivity index is 1.70. The number of thioether (sulfide) groups is 1. The molecular formula is C33H49NO3S. The van der Waals surface area contributed by atoms with E-state index in [1.165, 1.54) is 24.0 Å². The molecule has 5 heteroatoms. The molecule has 1 aromatic carbocycles. The van der Waals surface area contributed by atoms with E-state index >= 15 is 0 Å². The molecule has 0 radical (unpaired) electrons. The SMILES string of the molecule is COc1cc2c(c(C)c1O)C(SC(C)C)C=C1[C@@]2(C)CC[C@@]2(C)[C@@H]3C[C@](C)(C(N)=O)CC[C@]3(C)CC[C@]12C. The van der Waals surface area contributed by atoms with Crippen LogP contribution in [-0.2, 0) is 10.2 Å². The fourth-order valence-electron chi connectivity index (χ4n) is 9.46. The second kappa shape index (κ2) is 8.69. The first-order chi connectivity index (χ1) is 17.6. The molecule has 0 heterocycles. The number of allylic oxidation sites excluding steroid dienone is 1. The summed E-state index contributed by atoms with van der Waals surface area (Å²) in [6, 6.07) is 2.14. The number of aromatic hydroxyl groups is 1. The van der Waals surface area contributed by atoms with Gasteiger partial charge in [-0.05, 0) is 102 Å². The number of hydrogen-bond acceptors (Lipinski definition) is 4. The third kappa shape index (κ3) is 3.58. The van der Waals surface area contributed by atoms with Crippen molar-refractivity contribution in [2.45, 2.75) is 116 Å². The summed E-state index contributed by atoms with van der Waals surface area (Å²) >= 11 is 1.98. The number of fused-ring (bicyclic) bond motifs is 7. The molecule has 0 spiro atoms. The summed E-state index contributed by atoms with van der Waals surface area (Å²) in [5, 5.41) is 11.7. The van der Waals surface area contributed by atoms with Gasteiger partial charge in [0.1, 0.15) is 0 Å². The Bertz CT molecular complexity index is 1210. The predicted molar refractivity (Wildman–Crippen MR) is 158 cm³/mol. The number of phenolic OH excluding ortho intramolecular Hbond substituents is 1. The number of carbonyl (C=O) groups excluding carboxylic acids is 1. The maximum absolute atomic E-state index is 12.7. The van der Waals surface area contributed by atoms with Crippen molar-refractivity contribution in [1.82, 2.24) is 0 Å². The van der Waals surface area contributed by atoms with Crippen molar-refractivity contribution in [1.29, 1.82) is 0 Å². The van der Waals surface area contributed by atoms with Crippen molar-refractivity contribution in [3.8, 4) is 11.5 Å². The van der Waals surface area contributed by atoms with Gasteiger partial charge in [0, 0.05) is 16.1 Å². The number of ether oxygens (including phenoxy) is 1. The number of amides is 1. The molecule has 210 valence electrons. The molecule has 3 saturated carbocycles. The molecule has 1 aromatic rings. The van der Waals surface area contributed by atoms with Gasteiger partial charge in [-0.15, -0.1) is 11.8 Å². The average Bonchev–Trinajstić information content (AvgIpc) is 2.84. The van der Waals surface area contributed by atoms with Gasteiger partial charge in [-0.3, -0.25) is 4.79 Å². The molecule has 4 aliphatic rings. The highest BCUT2D eigenvalue weighted by molar-refractivity contribution is 8.00. The van der Waals surface area contributed by atoms with E-state index in [9.17, 15) is 9.90 Å². The maximum Gasteiger partial charge on any atom is 0.223 e. The molecular weight excluding hydrogens is 490 g/mol. The lowest BCUT2D eigenvalue weighted by molar-refractivity contribution is -0.166. The number of hydrogen-bond donors (Lipinski definition) is 2. The molecule has 0 aromatic heterocycles. The van der Waals surface area contributed by atoms with Gasteiger partial charge in [-0.1, -0.05) is 60.1 Å². The Hall–Kier alpha value is -1.62. The molecule has 0 bridgehead atoms. The van der Waals surface area contributed by atoms with Gasteiger partial charge in [0.2, 0.25) is 5.91 Å². The van der Waals surface area contributed by atoms with Crippen LogP contribution in [0.5, 0.6) is 11.5 Å². The molecule has 4 nitrogen and oxygen atoms in total. The molecule has 38 heavy (non-hydrogen) atoms. The summed E-state index contributed by atoms with van der Waals surface area (Å²) in [5.74, 6) is 1.18. The molecule has 0 saturated heterocycles. The van der Waals surface area contributed by atoms with Gasteiger partial charge in [-0.25, -0.2) is 0 Å². The number of primary amides is 1. The first kappa shape index (κ1) is 27.9. The van der Waals surface area contributed by atoms with Crippen molar-refractivity contribution in [3.63, 3.8) is 0 Å². The lowest BCUT2D eigenvalue weighted by Gasteiger charge is -2.70. The van der Waals surface area contributed by atoms with Crippen molar-refractivity contribution in [3.05, 3.63) is 34.4 Å². The van der Waals surface area contributed by atoms with Gasteiger partial charge in [0.25, 0.3) is 0 Å². The van der Waals surface area contributed by atoms with Crippen LogP contribution in [0, 0.1) is 34.5 Å². The maximum atomic E-state index is 12.7. The summed E-state index contributed by atoms with van der Waals surface area (Å²) < 4.78 is 5.69. The van der Waals surface area contributed by atoms with Crippen molar-refractivity contribution in [2.24, 2.45) is 33.3 Å². The standard InChI is InChI=1S/C33H49NO3S/c1-19(2)38-23-17-24-31(6,21-16-22(37-9)27(35)20(3)26(21)23)13-15-33(8)25-18-30(5,28(34)36)11-10-29(25,4)12-14-32(24,33)7/h16-17,19,23,25,35H,10-15,18H2,1-9H3,(H2,34,36)/t23?,25-,29-,30-,31+,32-,33+/m1/s1. The van der Waals surface area contributed by atoms with Crippen LogP contribution < -0.4 is 10.5 Å². The third-order valence-electron chi connectivity index (χ3n) is 12.3. The van der Waals surface area contributed by atoms with Gasteiger partial charge in [-0.2, -0.15) is 0 Å². The number of nitrogens with two attached hydrogens (primary N) is 1. The first-order valence-electron chi connectivity index (χ1n) is 14.7. The summed E-state index contributed by atoms with van der Waals surface area (Å²) in [5.41, 5.74) is 11.0. The minimum atomic E-state index is -0.419. The lowest BCUT2D eigenvalue weighted by Crippen LogP contribution is -2.63. The number of phenols is 1. The van der Waals surface area contributed by atoms with Crippen LogP contribution in [0.25, 0.3) is 0 Å². The van der Waals surface area contributed by atoms with Crippen LogP contribution in [-0.4, -0.2) is 23.4 Å². The van der Waals surface area contributed by atoms with Crippen LogP contribution in [0.2, 0.25) is 0 Å². The van der Waals surface area contributed by atoms with Gasteiger partial charge < -0.3 is 15.6 Å². The van der Waals surface area contributed by atoms with Crippen LogP contribution in [0.15, 0.2) is 17.7 Å². The summed E-state index contributed by atoms with van der Waals surface area (Å²) in [7, 11) is 1.66. The average molecular weight is 540 g/mol. The van der Waals surface area contributed by atoms with Gasteiger partial charge in [0.05, 0.1) is 7.11 Å². The molecule has 1 amide bonds. The molecule has 0 aliphatic heterocycles. The molecule has 3 fully saturated rings. The smallest absolute Gasteiger partial charge is 0.223 e. The largest absolute Gasteiger partial charge is 0.504 e. The van der Waals surface area contributed by atoms with Gasteiger partial charge >= 0.3 is 0 Å². The van der Waals surface area contributed by atoms with Crippen molar-refractivity contribution in [2.75, 3.05) is 7.11 Å². The molecule has 4 aliphatic carbocycles. The number of benzene rings is 1. The quantitative estimate of drug-likeness (QED) is 0.380. The van der Waals surface area contributed by atoms with E-state index in [2.05, 4.69) is 67.5 Å². The number of rotatable bonds is 4. The lowest BCUT2D eigenvalue weighted by atomic mass is 9.34. The summed E-state index contributed by atoms with van der Waals surface area (Å²) in [6.07, 6.45) is 10.0. The van der Waals surface area contributed by atoms with Crippen LogP contribution in [0.1, 0.15) is 115 Å². The van der Waals surface area contributed by atoms with E-state index in [4.69, 9.17) is 10.5 Å². The highest BCUT2D eigenvalue weighted by Gasteiger charge is 2.67. The minimum Gasteiger partial charge on any atom is -0.504 e. The van der Waals surface area contributed by atoms with Crippen molar-refractivity contribution < 1.29 is 14.6 Å². The fourth-order valence-corrected chi connectivity index (χ4v) is 10.7. The van der Waals surface area contributed by atoms with Crippen LogP contribution >= 0.6 is 11.8 Å². The topological polar surface area (TPSA) is 72.6 Å². The summed E-state index contributed by atoms with van der Waals surface area (Å²) in [4.78, 5) is 12.7. The van der Waals surface area contributed by atoms with Crippen LogP contribution in [0.4, 0.5) is 0 Å². The van der Waals surface area contributed by atoms with E-state index in [-0.39, 0.29) is 38.6 Å². The van der Waals surface area contributed by atoms with Crippen molar-refractivity contribution >= 4 is 17.7 Å².